The summed E-state index contributed by atoms with van der Waals surface area (Å²) in [7, 11) is 0. The van der Waals surface area contributed by atoms with Crippen molar-refractivity contribution in [3.05, 3.63) is 95.4 Å². The van der Waals surface area contributed by atoms with Crippen LogP contribution in [0.5, 0.6) is 0 Å². The number of carbonyl (C=O) groups is 1. The Bertz CT molecular complexity index is 1120. The van der Waals surface area contributed by atoms with Crippen LogP contribution in [0.4, 0.5) is 5.69 Å². The van der Waals surface area contributed by atoms with E-state index in [-0.39, 0.29) is 5.91 Å². The van der Waals surface area contributed by atoms with Crippen molar-refractivity contribution in [2.75, 3.05) is 5.32 Å². The zero-order chi connectivity index (χ0) is 20.2. The number of anilines is 1. The Balaban J connectivity index is 1.57. The van der Waals surface area contributed by atoms with E-state index in [9.17, 15) is 4.79 Å². The number of fused-ring (bicyclic) bond motifs is 1. The Hall–Kier alpha value is -3.51. The van der Waals surface area contributed by atoms with Gasteiger partial charge < -0.3 is 5.32 Å². The van der Waals surface area contributed by atoms with Crippen LogP contribution in [-0.4, -0.2) is 20.5 Å². The third-order valence-corrected chi connectivity index (χ3v) is 4.73. The van der Waals surface area contributed by atoms with Gasteiger partial charge >= 0.3 is 0 Å². The van der Waals surface area contributed by atoms with E-state index in [1.165, 1.54) is 0 Å². The first-order valence-electron chi connectivity index (χ1n) is 9.56. The summed E-state index contributed by atoms with van der Waals surface area (Å²) >= 11 is 0. The molecule has 2 N–H and O–H groups in total. The molecule has 0 aliphatic heterocycles. The van der Waals surface area contributed by atoms with E-state index < -0.39 is 6.04 Å². The van der Waals surface area contributed by atoms with Crippen molar-refractivity contribution >= 4 is 17.2 Å². The number of hydrogen-bond acceptors (Lipinski definition) is 4. The zero-order valence-electron chi connectivity index (χ0n) is 16.5. The molecule has 29 heavy (non-hydrogen) atoms. The minimum atomic E-state index is -0.520. The van der Waals surface area contributed by atoms with Crippen LogP contribution in [0.25, 0.3) is 5.65 Å². The van der Waals surface area contributed by atoms with Gasteiger partial charge in [-0.05, 0) is 54.8 Å². The van der Waals surface area contributed by atoms with E-state index in [1.807, 2.05) is 85.1 Å². The van der Waals surface area contributed by atoms with E-state index in [0.717, 1.165) is 33.8 Å². The highest BCUT2D eigenvalue weighted by atomic mass is 16.2. The number of nitrogens with zero attached hydrogens (tertiary/aromatic N) is 3. The first-order valence-corrected chi connectivity index (χ1v) is 9.56. The topological polar surface area (TPSA) is 71.3 Å². The van der Waals surface area contributed by atoms with E-state index in [4.69, 9.17) is 0 Å². The Morgan fingerprint density at radius 2 is 1.69 bits per heavy atom. The normalized spacial score (nSPS) is 12.1. The fourth-order valence-electron chi connectivity index (χ4n) is 3.47. The zero-order valence-corrected chi connectivity index (χ0v) is 16.5. The molecule has 0 aliphatic rings. The monoisotopic (exact) mass is 385 g/mol. The van der Waals surface area contributed by atoms with Crippen molar-refractivity contribution < 1.29 is 4.79 Å². The average molecular weight is 385 g/mol. The fraction of sp³-hybridized carbons (Fsp3) is 0.174. The third-order valence-electron chi connectivity index (χ3n) is 4.73. The largest absolute Gasteiger partial charge is 0.324 e. The van der Waals surface area contributed by atoms with Crippen LogP contribution in [0, 0.1) is 13.8 Å². The predicted molar refractivity (Wildman–Crippen MR) is 114 cm³/mol. The van der Waals surface area contributed by atoms with Gasteiger partial charge in [0.15, 0.2) is 11.5 Å². The quantitative estimate of drug-likeness (QED) is 0.529. The van der Waals surface area contributed by atoms with Gasteiger partial charge in [-0.2, -0.15) is 0 Å². The highest BCUT2D eigenvalue weighted by Gasteiger charge is 2.21. The number of nitrogens with one attached hydrogen (secondary N) is 2. The maximum atomic E-state index is 13.1. The molecule has 6 heteroatoms. The Kier molecular flexibility index (Phi) is 5.35. The molecule has 1 atom stereocenters. The summed E-state index contributed by atoms with van der Waals surface area (Å²) in [6, 6.07) is 21.0. The molecule has 4 aromatic rings. The lowest BCUT2D eigenvalue weighted by molar-refractivity contribution is -0.118. The van der Waals surface area contributed by atoms with Crippen LogP contribution in [0.15, 0.2) is 72.9 Å². The molecule has 2 heterocycles. The van der Waals surface area contributed by atoms with Gasteiger partial charge in [-0.3, -0.25) is 14.5 Å². The number of benzene rings is 2. The van der Waals surface area contributed by atoms with Gasteiger partial charge in [-0.1, -0.05) is 42.5 Å². The second kappa shape index (κ2) is 8.24. The number of hydrogen-bond donors (Lipinski definition) is 2. The third kappa shape index (κ3) is 4.33. The first-order chi connectivity index (χ1) is 14.1. The van der Waals surface area contributed by atoms with E-state index >= 15 is 0 Å². The lowest BCUT2D eigenvalue weighted by Gasteiger charge is -2.19. The average Bonchev–Trinajstić information content (AvgIpc) is 3.11. The van der Waals surface area contributed by atoms with Gasteiger partial charge in [-0.25, -0.2) is 0 Å². The highest BCUT2D eigenvalue weighted by molar-refractivity contribution is 5.95. The predicted octanol–water partition coefficient (Wildman–Crippen LogP) is 3.82. The number of pyridine rings is 1. The van der Waals surface area contributed by atoms with E-state index in [0.29, 0.717) is 6.54 Å². The first kappa shape index (κ1) is 18.8. The van der Waals surface area contributed by atoms with Crippen LogP contribution >= 0.6 is 0 Å². The number of aromatic nitrogens is 3. The molecule has 0 radical (unpaired) electrons. The van der Waals surface area contributed by atoms with Crippen molar-refractivity contribution in [2.24, 2.45) is 0 Å². The number of aryl methyl sites for hydroxylation is 2. The van der Waals surface area contributed by atoms with Crippen molar-refractivity contribution in [3.63, 3.8) is 0 Å². The summed E-state index contributed by atoms with van der Waals surface area (Å²) < 4.78 is 1.91. The molecule has 2 aromatic heterocycles. The molecule has 0 aliphatic carbocycles. The summed E-state index contributed by atoms with van der Waals surface area (Å²) in [6.45, 7) is 4.45. The van der Waals surface area contributed by atoms with Gasteiger partial charge in [0, 0.05) is 11.9 Å². The van der Waals surface area contributed by atoms with Crippen LogP contribution < -0.4 is 10.6 Å². The minimum absolute atomic E-state index is 0.116. The summed E-state index contributed by atoms with van der Waals surface area (Å²) in [5, 5.41) is 14.8. The number of amides is 1. The SMILES string of the molecule is Cc1cc(C)cc(NC(=O)[C@H](NCc2nnc3ccccn23)c2ccccc2)c1. The molecule has 0 saturated carbocycles. The van der Waals surface area contributed by atoms with Gasteiger partial charge in [-0.15, -0.1) is 10.2 Å². The molecule has 2 aromatic carbocycles. The molecular weight excluding hydrogens is 362 g/mol. The maximum absolute atomic E-state index is 13.1. The molecular formula is C23H23N5O. The van der Waals surface area contributed by atoms with Gasteiger partial charge in [0.1, 0.15) is 6.04 Å². The van der Waals surface area contributed by atoms with Crippen molar-refractivity contribution in [1.29, 1.82) is 0 Å². The second-order valence-electron chi connectivity index (χ2n) is 7.14. The Morgan fingerprint density at radius 1 is 0.966 bits per heavy atom. The molecule has 1 amide bonds. The number of carbonyl (C=O) groups excluding carboxylic acids is 1. The molecule has 0 fully saturated rings. The summed E-state index contributed by atoms with van der Waals surface area (Å²) in [4.78, 5) is 13.1. The standard InChI is InChI=1S/C23H23N5O/c1-16-12-17(2)14-19(13-16)25-23(29)22(18-8-4-3-5-9-18)24-15-21-27-26-20-10-6-7-11-28(20)21/h3-14,22,24H,15H2,1-2H3,(H,25,29)/t22-/m1/s1. The molecule has 0 unspecified atom stereocenters. The summed E-state index contributed by atoms with van der Waals surface area (Å²) in [5.41, 5.74) is 4.69. The number of rotatable bonds is 6. The molecule has 146 valence electrons. The van der Waals surface area contributed by atoms with Crippen molar-refractivity contribution in [3.8, 4) is 0 Å². The maximum Gasteiger partial charge on any atom is 0.246 e. The molecule has 0 saturated heterocycles. The summed E-state index contributed by atoms with van der Waals surface area (Å²) in [5.74, 6) is 0.635. The Morgan fingerprint density at radius 3 is 2.45 bits per heavy atom. The molecule has 0 bridgehead atoms. The van der Waals surface area contributed by atoms with Crippen LogP contribution in [-0.2, 0) is 11.3 Å². The van der Waals surface area contributed by atoms with Crippen molar-refractivity contribution in [2.45, 2.75) is 26.4 Å². The summed E-state index contributed by atoms with van der Waals surface area (Å²) in [6.07, 6.45) is 1.92. The fourth-order valence-corrected chi connectivity index (χ4v) is 3.47. The second-order valence-corrected chi connectivity index (χ2v) is 7.14. The molecule has 6 nitrogen and oxygen atoms in total. The van der Waals surface area contributed by atoms with E-state index in [2.05, 4.69) is 26.9 Å². The van der Waals surface area contributed by atoms with Gasteiger partial charge in [0.2, 0.25) is 5.91 Å². The van der Waals surface area contributed by atoms with Crippen LogP contribution in [0.2, 0.25) is 0 Å². The molecule has 4 rings (SSSR count). The Labute approximate surface area is 169 Å². The lowest BCUT2D eigenvalue weighted by Crippen LogP contribution is -2.33. The van der Waals surface area contributed by atoms with Crippen molar-refractivity contribution in [1.82, 2.24) is 19.9 Å². The van der Waals surface area contributed by atoms with Gasteiger partial charge in [0.25, 0.3) is 0 Å². The van der Waals surface area contributed by atoms with Crippen LogP contribution in [0.1, 0.15) is 28.6 Å². The van der Waals surface area contributed by atoms with Crippen LogP contribution in [0.3, 0.4) is 0 Å². The smallest absolute Gasteiger partial charge is 0.246 e. The van der Waals surface area contributed by atoms with E-state index in [1.54, 1.807) is 0 Å². The highest BCUT2D eigenvalue weighted by Crippen LogP contribution is 2.19. The minimum Gasteiger partial charge on any atom is -0.324 e. The lowest BCUT2D eigenvalue weighted by atomic mass is 10.1. The van der Waals surface area contributed by atoms with Gasteiger partial charge in [0.05, 0.1) is 6.54 Å². The molecule has 0 spiro atoms.